The minimum Gasteiger partial charge on any atom is -0.497 e. The molecule has 1 heterocycles. The first-order chi connectivity index (χ1) is 16.9. The Balaban J connectivity index is 1.92. The van der Waals surface area contributed by atoms with E-state index in [2.05, 4.69) is 5.32 Å². The van der Waals surface area contributed by atoms with Crippen LogP contribution in [0.4, 0.5) is 5.69 Å². The summed E-state index contributed by atoms with van der Waals surface area (Å²) in [7, 11) is 1.57. The van der Waals surface area contributed by atoms with Gasteiger partial charge in [-0.3, -0.25) is 14.2 Å². The molecule has 1 N–H and O–H groups in total. The molecule has 3 aromatic carbocycles. The molecule has 9 heteroatoms. The fourth-order valence-corrected chi connectivity index (χ4v) is 4.84. The Morgan fingerprint density at radius 1 is 1.09 bits per heavy atom. The number of carbonyl (C=O) groups is 1. The Morgan fingerprint density at radius 3 is 2.43 bits per heavy atom. The number of hydrogen-bond acceptors (Lipinski definition) is 5. The van der Waals surface area contributed by atoms with Crippen molar-refractivity contribution >= 4 is 57.8 Å². The van der Waals surface area contributed by atoms with E-state index in [4.69, 9.17) is 27.9 Å². The second kappa shape index (κ2) is 10.6. The Bertz CT molecular complexity index is 1620. The number of amides is 1. The van der Waals surface area contributed by atoms with E-state index in [-0.39, 0.29) is 20.8 Å². The third-order valence-electron chi connectivity index (χ3n) is 4.98. The monoisotopic (exact) mass is 521 g/mol. The highest BCUT2D eigenvalue weighted by atomic mass is 35.5. The summed E-state index contributed by atoms with van der Waals surface area (Å²) < 4.78 is 7.11. The van der Waals surface area contributed by atoms with E-state index < -0.39 is 5.91 Å². The van der Waals surface area contributed by atoms with Crippen molar-refractivity contribution in [3.05, 3.63) is 108 Å². The number of hydrogen-bond donors (Lipinski definition) is 1. The Labute approximate surface area is 214 Å². The Hall–Kier alpha value is -3.83. The lowest BCUT2D eigenvalue weighted by Crippen LogP contribution is -2.32. The van der Waals surface area contributed by atoms with Crippen molar-refractivity contribution in [3.8, 4) is 17.5 Å². The number of methoxy groups -OCH3 is 1. The highest BCUT2D eigenvalue weighted by molar-refractivity contribution is 7.07. The topological polar surface area (TPSA) is 84.1 Å². The zero-order chi connectivity index (χ0) is 24.9. The van der Waals surface area contributed by atoms with E-state index in [0.717, 1.165) is 16.9 Å². The van der Waals surface area contributed by atoms with Crippen LogP contribution in [0.3, 0.4) is 0 Å². The van der Waals surface area contributed by atoms with Crippen LogP contribution < -0.4 is 24.8 Å². The molecule has 0 aliphatic rings. The molecule has 0 aliphatic heterocycles. The van der Waals surface area contributed by atoms with Crippen LogP contribution in [0.1, 0.15) is 5.56 Å². The van der Waals surface area contributed by atoms with E-state index in [0.29, 0.717) is 26.7 Å². The predicted octanol–water partition coefficient (Wildman–Crippen LogP) is 4.36. The summed E-state index contributed by atoms with van der Waals surface area (Å²) >= 11 is 13.2. The quantitative estimate of drug-likeness (QED) is 0.423. The first kappa shape index (κ1) is 24.3. The maximum absolute atomic E-state index is 13.4. The van der Waals surface area contributed by atoms with Gasteiger partial charge in [0.1, 0.15) is 16.5 Å². The summed E-state index contributed by atoms with van der Waals surface area (Å²) in [6, 6.07) is 22.6. The molecule has 0 saturated heterocycles. The van der Waals surface area contributed by atoms with Crippen molar-refractivity contribution in [2.24, 2.45) is 0 Å². The first-order valence-electron chi connectivity index (χ1n) is 10.2. The van der Waals surface area contributed by atoms with Crippen LogP contribution in [-0.2, 0) is 4.79 Å². The number of ether oxygens (including phenoxy) is 1. The van der Waals surface area contributed by atoms with E-state index in [9.17, 15) is 14.9 Å². The van der Waals surface area contributed by atoms with Crippen LogP contribution in [0.5, 0.6) is 5.75 Å². The minimum atomic E-state index is -0.696. The summed E-state index contributed by atoms with van der Waals surface area (Å²) in [6.45, 7) is 0. The van der Waals surface area contributed by atoms with Crippen molar-refractivity contribution in [1.29, 1.82) is 5.26 Å². The van der Waals surface area contributed by atoms with Gasteiger partial charge in [-0.25, -0.2) is 0 Å². The smallest absolute Gasteiger partial charge is 0.273 e. The normalized spacial score (nSPS) is 12.1. The standard InChI is InChI=1S/C26H17Cl2N3O3S/c1-34-19-10-7-16(8-11-19)13-23-25(33)31(18-5-3-2-4-6-18)26(35-23)20(15-29)24(32)30-22-12-9-17(27)14-21(22)28/h2-14H,1H3,(H,30,32)/b23-13+,26-20+. The molecule has 35 heavy (non-hydrogen) atoms. The third kappa shape index (κ3) is 5.31. The lowest BCUT2D eigenvalue weighted by molar-refractivity contribution is -0.111. The molecule has 0 radical (unpaired) electrons. The van der Waals surface area contributed by atoms with E-state index in [1.807, 2.05) is 24.3 Å². The van der Waals surface area contributed by atoms with Crippen LogP contribution in [0.2, 0.25) is 10.0 Å². The van der Waals surface area contributed by atoms with Gasteiger partial charge in [0, 0.05) is 5.02 Å². The second-order valence-electron chi connectivity index (χ2n) is 7.23. The molecule has 0 aliphatic carbocycles. The number of carbonyl (C=O) groups excluding carboxylic acids is 1. The lowest BCUT2D eigenvalue weighted by Gasteiger charge is -2.07. The largest absolute Gasteiger partial charge is 0.497 e. The van der Waals surface area contributed by atoms with E-state index >= 15 is 0 Å². The van der Waals surface area contributed by atoms with Crippen LogP contribution >= 0.6 is 34.5 Å². The van der Waals surface area contributed by atoms with E-state index in [1.165, 1.54) is 10.6 Å². The molecule has 6 nitrogen and oxygen atoms in total. The number of halogens is 2. The summed E-state index contributed by atoms with van der Waals surface area (Å²) in [5.74, 6) is -0.00741. The van der Waals surface area contributed by atoms with Crippen molar-refractivity contribution in [2.75, 3.05) is 12.4 Å². The molecule has 4 rings (SSSR count). The number of rotatable bonds is 5. The summed E-state index contributed by atoms with van der Waals surface area (Å²) in [4.78, 5) is 26.6. The number of thiazole rings is 1. The zero-order valence-electron chi connectivity index (χ0n) is 18.3. The number of anilines is 1. The number of nitrogens with one attached hydrogen (secondary N) is 1. The van der Waals surface area contributed by atoms with Crippen molar-refractivity contribution < 1.29 is 9.53 Å². The number of nitriles is 1. The summed E-state index contributed by atoms with van der Waals surface area (Å²) in [5, 5.41) is 13.2. The predicted molar refractivity (Wildman–Crippen MR) is 140 cm³/mol. The molecule has 0 fully saturated rings. The summed E-state index contributed by atoms with van der Waals surface area (Å²) in [5.41, 5.74) is 1.02. The average Bonchev–Trinajstić information content (AvgIpc) is 3.17. The van der Waals surface area contributed by atoms with Gasteiger partial charge < -0.3 is 10.1 Å². The third-order valence-corrected chi connectivity index (χ3v) is 6.62. The van der Waals surface area contributed by atoms with Gasteiger partial charge in [0.15, 0.2) is 5.57 Å². The molecule has 1 amide bonds. The van der Waals surface area contributed by atoms with Crippen molar-refractivity contribution in [1.82, 2.24) is 4.57 Å². The molecule has 0 atom stereocenters. The maximum Gasteiger partial charge on any atom is 0.273 e. The summed E-state index contributed by atoms with van der Waals surface area (Å²) in [6.07, 6.45) is 1.71. The molecule has 1 aromatic heterocycles. The number of para-hydroxylation sites is 1. The van der Waals surface area contributed by atoms with Crippen LogP contribution in [0, 0.1) is 11.3 Å². The number of benzene rings is 3. The fourth-order valence-electron chi connectivity index (χ4n) is 3.28. The molecule has 0 saturated carbocycles. The Morgan fingerprint density at radius 2 is 1.80 bits per heavy atom. The fraction of sp³-hybridized carbons (Fsp3) is 0.0385. The molecule has 4 aromatic rings. The second-order valence-corrected chi connectivity index (χ2v) is 9.10. The van der Waals surface area contributed by atoms with Gasteiger partial charge >= 0.3 is 0 Å². The van der Waals surface area contributed by atoms with Crippen molar-refractivity contribution in [3.63, 3.8) is 0 Å². The van der Waals surface area contributed by atoms with Gasteiger partial charge in [-0.15, -0.1) is 11.3 Å². The number of aromatic nitrogens is 1. The highest BCUT2D eigenvalue weighted by Crippen LogP contribution is 2.25. The molecule has 0 spiro atoms. The van der Waals surface area contributed by atoms with Gasteiger partial charge in [0.25, 0.3) is 11.5 Å². The lowest BCUT2D eigenvalue weighted by atomic mass is 10.2. The molecule has 0 bridgehead atoms. The van der Waals surface area contributed by atoms with Gasteiger partial charge in [-0.2, -0.15) is 5.26 Å². The van der Waals surface area contributed by atoms with Gasteiger partial charge in [-0.1, -0.05) is 53.5 Å². The van der Waals surface area contributed by atoms with E-state index in [1.54, 1.807) is 61.7 Å². The van der Waals surface area contributed by atoms with Gasteiger partial charge in [-0.05, 0) is 54.1 Å². The molecular formula is C26H17Cl2N3O3S. The Kier molecular flexibility index (Phi) is 7.37. The number of nitrogens with zero attached hydrogens (tertiary/aromatic N) is 2. The molecular weight excluding hydrogens is 505 g/mol. The molecule has 0 unspecified atom stereocenters. The zero-order valence-corrected chi connectivity index (χ0v) is 20.6. The minimum absolute atomic E-state index is 0.200. The first-order valence-corrected chi connectivity index (χ1v) is 11.8. The van der Waals surface area contributed by atoms with Crippen molar-refractivity contribution in [2.45, 2.75) is 0 Å². The van der Waals surface area contributed by atoms with Crippen LogP contribution in [0.15, 0.2) is 77.6 Å². The van der Waals surface area contributed by atoms with Gasteiger partial charge in [0.2, 0.25) is 0 Å². The van der Waals surface area contributed by atoms with Gasteiger partial charge in [0.05, 0.1) is 28.0 Å². The van der Waals surface area contributed by atoms with Crippen LogP contribution in [0.25, 0.3) is 17.3 Å². The SMILES string of the molecule is COc1ccc(/C=c2/s/c(=C(\C#N)C(=O)Nc3ccc(Cl)cc3Cl)n(-c3ccccc3)c2=O)cc1. The average molecular weight is 522 g/mol. The highest BCUT2D eigenvalue weighted by Gasteiger charge is 2.18. The maximum atomic E-state index is 13.4. The van der Waals surface area contributed by atoms with Crippen LogP contribution in [-0.4, -0.2) is 17.6 Å². The molecule has 174 valence electrons.